The first-order chi connectivity index (χ1) is 25.0. The fourth-order valence-corrected chi connectivity index (χ4v) is 9.17. The van der Waals surface area contributed by atoms with Crippen LogP contribution in [0.5, 0.6) is 0 Å². The Kier molecular flexibility index (Phi) is 14.4. The summed E-state index contributed by atoms with van der Waals surface area (Å²) in [4.78, 5) is 8.88. The zero-order chi connectivity index (χ0) is 37.2. The van der Waals surface area contributed by atoms with E-state index >= 15 is 0 Å². The molecule has 270 valence electrons. The van der Waals surface area contributed by atoms with E-state index in [-0.39, 0.29) is 12.1 Å². The number of hydrogen-bond donors (Lipinski definition) is 0. The molecule has 0 N–H and O–H groups in total. The van der Waals surface area contributed by atoms with Crippen LogP contribution in [-0.4, -0.2) is 9.59 Å². The minimum absolute atomic E-state index is 0.138. The Morgan fingerprint density at radius 1 is 0.596 bits per heavy atom. The molecule has 0 amide bonds. The number of rotatable bonds is 5. The Hall–Kier alpha value is -3.60. The van der Waals surface area contributed by atoms with Crippen molar-refractivity contribution in [1.29, 1.82) is 0 Å². The Balaban J connectivity index is 0.000000251. The van der Waals surface area contributed by atoms with Crippen LogP contribution in [0.3, 0.4) is 0 Å². The number of anilines is 2. The third kappa shape index (κ3) is 10.3. The summed E-state index contributed by atoms with van der Waals surface area (Å²) in [7, 11) is 11.3. The molecule has 1 aliphatic heterocycles. The molecule has 3 nitrogen and oxygen atoms in total. The SMILES string of the molecule is Brc1cccnc1.Cc1cc(C)c(N2[CH-]N(c3c(C)cc(C)cc3C)C(c3ccccc3)C2c2ccccc2)c(C)c1.[Cl][Ru]([Cl])=[CH]c1ccccc1. The number of aromatic nitrogens is 1. The Morgan fingerprint density at radius 3 is 1.33 bits per heavy atom. The van der Waals surface area contributed by atoms with E-state index in [0.717, 1.165) is 10.0 Å². The predicted molar refractivity (Wildman–Crippen MR) is 224 cm³/mol. The van der Waals surface area contributed by atoms with Gasteiger partial charge in [-0.25, -0.2) is 0 Å². The molecule has 7 heteroatoms. The summed E-state index contributed by atoms with van der Waals surface area (Å²) in [5.74, 6) is 0. The van der Waals surface area contributed by atoms with Gasteiger partial charge in [-0.2, -0.15) is 6.67 Å². The van der Waals surface area contributed by atoms with Gasteiger partial charge in [0.25, 0.3) is 0 Å². The van der Waals surface area contributed by atoms with Gasteiger partial charge in [0.2, 0.25) is 0 Å². The quantitative estimate of drug-likeness (QED) is 0.127. The monoisotopic (exact) mass is 878 g/mol. The molecule has 0 radical (unpaired) electrons. The van der Waals surface area contributed by atoms with Gasteiger partial charge in [-0.1, -0.05) is 96.1 Å². The van der Waals surface area contributed by atoms with Crippen LogP contribution in [0.4, 0.5) is 11.4 Å². The van der Waals surface area contributed by atoms with Gasteiger partial charge >= 0.3 is 73.4 Å². The van der Waals surface area contributed by atoms with Crippen molar-refractivity contribution in [2.45, 2.75) is 53.6 Å². The number of halogens is 3. The number of pyridine rings is 1. The van der Waals surface area contributed by atoms with Crippen LogP contribution in [0.2, 0.25) is 0 Å². The van der Waals surface area contributed by atoms with Gasteiger partial charge < -0.3 is 9.80 Å². The second-order valence-corrected chi connectivity index (χ2v) is 19.7. The van der Waals surface area contributed by atoms with Crippen LogP contribution in [0.1, 0.15) is 62.2 Å². The zero-order valence-corrected chi connectivity index (χ0v) is 35.3. The molecule has 0 saturated carbocycles. The first kappa shape index (κ1) is 39.6. The third-order valence-electron chi connectivity index (χ3n) is 8.84. The molecule has 0 aliphatic carbocycles. The molecule has 0 bridgehead atoms. The van der Waals surface area contributed by atoms with E-state index in [9.17, 15) is 0 Å². The van der Waals surface area contributed by atoms with E-state index in [2.05, 4.69) is 164 Å². The molecule has 6 aromatic rings. The number of aryl methyl sites for hydroxylation is 6. The fourth-order valence-electron chi connectivity index (χ4n) is 7.07. The van der Waals surface area contributed by atoms with E-state index in [1.807, 2.05) is 47.1 Å². The molecule has 2 heterocycles. The molecule has 7 rings (SSSR count). The van der Waals surface area contributed by atoms with Crippen LogP contribution in [0, 0.1) is 48.2 Å². The Labute approximate surface area is 331 Å². The molecule has 2 atom stereocenters. The first-order valence-corrected chi connectivity index (χ1v) is 23.4. The Morgan fingerprint density at radius 2 is 1.00 bits per heavy atom. The van der Waals surface area contributed by atoms with Crippen molar-refractivity contribution >= 4 is 51.3 Å². The summed E-state index contributed by atoms with van der Waals surface area (Å²) in [6, 6.07) is 45.2. The summed E-state index contributed by atoms with van der Waals surface area (Å²) < 4.78 is 2.95. The van der Waals surface area contributed by atoms with E-state index in [0.29, 0.717) is 0 Å². The number of nitrogens with zero attached hydrogens (tertiary/aromatic N) is 3. The molecule has 0 spiro atoms. The van der Waals surface area contributed by atoms with Gasteiger partial charge in [0.05, 0.1) is 12.1 Å². The van der Waals surface area contributed by atoms with Crippen molar-refractivity contribution in [3.8, 4) is 0 Å². The number of hydrogen-bond acceptors (Lipinski definition) is 3. The van der Waals surface area contributed by atoms with E-state index < -0.39 is 13.5 Å². The van der Waals surface area contributed by atoms with Gasteiger partial charge in [-0.3, -0.25) is 4.98 Å². The predicted octanol–water partition coefficient (Wildman–Crippen LogP) is 13.1. The van der Waals surface area contributed by atoms with Crippen molar-refractivity contribution in [3.05, 3.63) is 201 Å². The maximum atomic E-state index is 5.67. The van der Waals surface area contributed by atoms with E-state index in [4.69, 9.17) is 19.4 Å². The Bertz CT molecular complexity index is 1920. The van der Waals surface area contributed by atoms with Crippen molar-refractivity contribution in [2.75, 3.05) is 9.80 Å². The van der Waals surface area contributed by atoms with Crippen LogP contribution >= 0.6 is 35.3 Å². The molecule has 1 aromatic heterocycles. The standard InChI is InChI=1S/C33H35N2.C7H6.C5H4BrN.2ClH.Ru/c1-22-17-24(3)30(25(4)18-22)34-21-35(31-26(5)19-23(2)20-27(31)6)33(29-15-11-8-12-16-29)32(34)28-13-9-7-10-14-28;1-7-5-3-2-4-6-7;6-5-2-1-3-7-4-5;;;/h7-21,32-33H,1-6H3;1-6H;1-4H;2*1H;/q-1;;;;;+2/p-2. The maximum absolute atomic E-state index is 5.67. The molecule has 1 fully saturated rings. The van der Waals surface area contributed by atoms with Crippen molar-refractivity contribution in [3.63, 3.8) is 0 Å². The van der Waals surface area contributed by atoms with E-state index in [1.54, 1.807) is 12.4 Å². The molecular weight excluding hydrogens is 834 g/mol. The van der Waals surface area contributed by atoms with Gasteiger partial charge in [-0.05, 0) is 103 Å². The summed E-state index contributed by atoms with van der Waals surface area (Å²) in [6.45, 7) is 15.7. The van der Waals surface area contributed by atoms with Crippen molar-refractivity contribution in [1.82, 2.24) is 4.98 Å². The zero-order valence-electron chi connectivity index (χ0n) is 30.4. The van der Waals surface area contributed by atoms with Gasteiger partial charge in [0.1, 0.15) is 0 Å². The van der Waals surface area contributed by atoms with Gasteiger partial charge in [0.15, 0.2) is 0 Å². The molecule has 1 saturated heterocycles. The molecule has 5 aromatic carbocycles. The first-order valence-electron chi connectivity index (χ1n) is 17.1. The topological polar surface area (TPSA) is 19.4 Å². The van der Waals surface area contributed by atoms with Crippen LogP contribution in [0.25, 0.3) is 0 Å². The van der Waals surface area contributed by atoms with Gasteiger partial charge in [0, 0.05) is 28.2 Å². The van der Waals surface area contributed by atoms with Crippen LogP contribution in [-0.2, 0) is 13.5 Å². The summed E-state index contributed by atoms with van der Waals surface area (Å²) >= 11 is 1.63. The van der Waals surface area contributed by atoms with Gasteiger partial charge in [-0.15, -0.1) is 0 Å². The third-order valence-corrected chi connectivity index (χ3v) is 11.2. The summed E-state index contributed by atoms with van der Waals surface area (Å²) in [6.07, 6.45) is 3.49. The number of benzene rings is 5. The summed E-state index contributed by atoms with van der Waals surface area (Å²) in [5, 5.41) is 0. The average molecular weight is 880 g/mol. The molecule has 2 unspecified atom stereocenters. The summed E-state index contributed by atoms with van der Waals surface area (Å²) in [5.41, 5.74) is 14.2. The molecule has 52 heavy (non-hydrogen) atoms. The minimum atomic E-state index is -1.61. The second kappa shape index (κ2) is 18.9. The normalized spacial score (nSPS) is 15.2. The van der Waals surface area contributed by atoms with Crippen LogP contribution < -0.4 is 9.80 Å². The van der Waals surface area contributed by atoms with Crippen molar-refractivity contribution in [2.24, 2.45) is 0 Å². The molecule has 1 aliphatic rings. The fraction of sp³-hybridized carbons (Fsp3) is 0.178. The average Bonchev–Trinajstić information content (AvgIpc) is 3.48. The van der Waals surface area contributed by atoms with E-state index in [1.165, 1.54) is 55.9 Å². The molecular formula is C45H45BrCl2N3Ru-. The van der Waals surface area contributed by atoms with Crippen molar-refractivity contribution < 1.29 is 13.5 Å². The van der Waals surface area contributed by atoms with Crippen LogP contribution in [0.15, 0.2) is 144 Å². The second-order valence-electron chi connectivity index (χ2n) is 13.0.